The lowest BCUT2D eigenvalue weighted by molar-refractivity contribution is 0.0951. The number of methoxy groups -OCH3 is 1. The van der Waals surface area contributed by atoms with Gasteiger partial charge in [0.25, 0.3) is 5.91 Å². The summed E-state index contributed by atoms with van der Waals surface area (Å²) in [5.41, 5.74) is 2.34. The third kappa shape index (κ3) is 4.66. The zero-order valence-corrected chi connectivity index (χ0v) is 13.4. The Labute approximate surface area is 132 Å². The average molecular weight is 318 g/mol. The Morgan fingerprint density at radius 1 is 1.27 bits per heavy atom. The lowest BCUT2D eigenvalue weighted by atomic mass is 10.1. The molecular formula is C16H18N2O3S. The molecule has 0 aliphatic heterocycles. The van der Waals surface area contributed by atoms with Crippen molar-refractivity contribution in [3.05, 3.63) is 59.3 Å². The van der Waals surface area contributed by atoms with Crippen molar-refractivity contribution in [1.29, 1.82) is 0 Å². The van der Waals surface area contributed by atoms with Gasteiger partial charge in [0.15, 0.2) is 0 Å². The number of rotatable bonds is 6. The van der Waals surface area contributed by atoms with E-state index in [0.717, 1.165) is 11.1 Å². The van der Waals surface area contributed by atoms with Crippen LogP contribution in [-0.4, -0.2) is 28.5 Å². The van der Waals surface area contributed by atoms with E-state index in [1.807, 2.05) is 12.1 Å². The van der Waals surface area contributed by atoms with E-state index in [1.165, 1.54) is 0 Å². The van der Waals surface area contributed by atoms with Gasteiger partial charge < -0.3 is 10.1 Å². The van der Waals surface area contributed by atoms with Crippen molar-refractivity contribution in [3.8, 4) is 5.88 Å². The van der Waals surface area contributed by atoms with Gasteiger partial charge >= 0.3 is 0 Å². The summed E-state index contributed by atoms with van der Waals surface area (Å²) in [5.74, 6) is 0.818. The maximum absolute atomic E-state index is 12.1. The first-order valence-corrected chi connectivity index (χ1v) is 8.47. The van der Waals surface area contributed by atoms with Gasteiger partial charge in [0, 0.05) is 47.2 Å². The van der Waals surface area contributed by atoms with Crippen LogP contribution in [0.4, 0.5) is 0 Å². The largest absolute Gasteiger partial charge is 0.481 e. The summed E-state index contributed by atoms with van der Waals surface area (Å²) in [4.78, 5) is 16.2. The number of carbonyl (C=O) groups excluding carboxylic acids is 1. The number of nitrogens with zero attached hydrogens (tertiary/aromatic N) is 1. The van der Waals surface area contributed by atoms with Crippen LogP contribution >= 0.6 is 0 Å². The summed E-state index contributed by atoms with van der Waals surface area (Å²) in [6.07, 6.45) is 3.30. The summed E-state index contributed by atoms with van der Waals surface area (Å²) in [7, 11) is 0.629. The maximum atomic E-state index is 12.1. The molecule has 1 aromatic heterocycles. The van der Waals surface area contributed by atoms with Crippen molar-refractivity contribution in [1.82, 2.24) is 10.3 Å². The number of nitrogens with one attached hydrogen (secondary N) is 1. The van der Waals surface area contributed by atoms with Crippen LogP contribution in [0.15, 0.2) is 42.6 Å². The van der Waals surface area contributed by atoms with Crippen LogP contribution in [0, 0.1) is 0 Å². The predicted octanol–water partition coefficient (Wildman–Crippen LogP) is 1.90. The minimum absolute atomic E-state index is 0.167. The molecule has 1 aromatic carbocycles. The number of amides is 1. The van der Waals surface area contributed by atoms with E-state index in [-0.39, 0.29) is 5.91 Å². The molecule has 2 aromatic rings. The molecule has 1 unspecified atom stereocenters. The van der Waals surface area contributed by atoms with Gasteiger partial charge in [0.2, 0.25) is 5.88 Å². The molecular weight excluding hydrogens is 300 g/mol. The number of hydrogen-bond acceptors (Lipinski definition) is 4. The fourth-order valence-corrected chi connectivity index (χ4v) is 2.61. The molecule has 0 fully saturated rings. The van der Waals surface area contributed by atoms with E-state index < -0.39 is 10.8 Å². The molecule has 0 saturated heterocycles. The van der Waals surface area contributed by atoms with Crippen LogP contribution in [0.25, 0.3) is 0 Å². The molecule has 0 bridgehead atoms. The molecule has 22 heavy (non-hydrogen) atoms. The number of carbonyl (C=O) groups is 1. The highest BCUT2D eigenvalue weighted by Gasteiger charge is 2.07. The molecule has 6 heteroatoms. The van der Waals surface area contributed by atoms with Crippen molar-refractivity contribution in [2.45, 2.75) is 12.3 Å². The first kappa shape index (κ1) is 16.2. The van der Waals surface area contributed by atoms with Gasteiger partial charge in [-0.2, -0.15) is 0 Å². The van der Waals surface area contributed by atoms with Crippen molar-refractivity contribution >= 4 is 16.7 Å². The Morgan fingerprint density at radius 2 is 2.09 bits per heavy atom. The second-order valence-electron chi connectivity index (χ2n) is 4.81. The Hall–Kier alpha value is -2.21. The molecule has 0 spiro atoms. The van der Waals surface area contributed by atoms with E-state index in [9.17, 15) is 9.00 Å². The van der Waals surface area contributed by atoms with E-state index >= 15 is 0 Å². The summed E-state index contributed by atoms with van der Waals surface area (Å²) in [6.45, 7) is 0.389. The Kier molecular flexibility index (Phi) is 5.66. The van der Waals surface area contributed by atoms with Gasteiger partial charge in [-0.05, 0) is 23.3 Å². The highest BCUT2D eigenvalue weighted by molar-refractivity contribution is 7.83. The fraction of sp³-hybridized carbons (Fsp3) is 0.250. The fourth-order valence-electron chi connectivity index (χ4n) is 1.96. The SMILES string of the molecule is COc1ccc(CNC(=O)c2cccc(CS(C)=O)c2)cn1. The third-order valence-electron chi connectivity index (χ3n) is 3.02. The van der Waals surface area contributed by atoms with E-state index in [1.54, 1.807) is 43.8 Å². The number of pyridine rings is 1. The van der Waals surface area contributed by atoms with E-state index in [2.05, 4.69) is 10.3 Å². The second kappa shape index (κ2) is 7.70. The van der Waals surface area contributed by atoms with Crippen LogP contribution in [0.1, 0.15) is 21.5 Å². The van der Waals surface area contributed by atoms with Crippen molar-refractivity contribution in [2.24, 2.45) is 0 Å². The molecule has 1 N–H and O–H groups in total. The minimum atomic E-state index is -0.927. The smallest absolute Gasteiger partial charge is 0.251 e. The molecule has 0 saturated carbocycles. The molecule has 1 amide bonds. The van der Waals surface area contributed by atoms with Crippen LogP contribution in [0.3, 0.4) is 0 Å². The first-order chi connectivity index (χ1) is 10.6. The summed E-state index contributed by atoms with van der Waals surface area (Å²) in [5, 5.41) is 2.84. The summed E-state index contributed by atoms with van der Waals surface area (Å²) in [6, 6.07) is 10.8. The molecule has 0 aliphatic carbocycles. The van der Waals surface area contributed by atoms with Gasteiger partial charge in [-0.15, -0.1) is 0 Å². The molecule has 1 atom stereocenters. The van der Waals surface area contributed by atoms with Crippen LogP contribution < -0.4 is 10.1 Å². The lowest BCUT2D eigenvalue weighted by Gasteiger charge is -2.07. The Balaban J connectivity index is 1.97. The van der Waals surface area contributed by atoms with Crippen molar-refractivity contribution < 1.29 is 13.7 Å². The summed E-state index contributed by atoms with van der Waals surface area (Å²) < 4.78 is 16.2. The van der Waals surface area contributed by atoms with Crippen LogP contribution in [0.2, 0.25) is 0 Å². The summed E-state index contributed by atoms with van der Waals surface area (Å²) >= 11 is 0. The molecule has 2 rings (SSSR count). The monoisotopic (exact) mass is 318 g/mol. The molecule has 116 valence electrons. The second-order valence-corrected chi connectivity index (χ2v) is 6.24. The lowest BCUT2D eigenvalue weighted by Crippen LogP contribution is -2.23. The van der Waals surface area contributed by atoms with Crippen molar-refractivity contribution in [3.63, 3.8) is 0 Å². The topological polar surface area (TPSA) is 68.3 Å². The van der Waals surface area contributed by atoms with Crippen molar-refractivity contribution in [2.75, 3.05) is 13.4 Å². The third-order valence-corrected chi connectivity index (χ3v) is 3.76. The zero-order chi connectivity index (χ0) is 15.9. The number of aromatic nitrogens is 1. The Morgan fingerprint density at radius 3 is 2.73 bits per heavy atom. The minimum Gasteiger partial charge on any atom is -0.481 e. The quantitative estimate of drug-likeness (QED) is 0.883. The molecule has 0 aliphatic rings. The standard InChI is InChI=1S/C16H18N2O3S/c1-21-15-7-6-13(9-17-15)10-18-16(19)14-5-3-4-12(8-14)11-22(2)20/h3-9H,10-11H2,1-2H3,(H,18,19). The molecule has 5 nitrogen and oxygen atoms in total. The number of ether oxygens (including phenoxy) is 1. The number of hydrogen-bond donors (Lipinski definition) is 1. The van der Waals surface area contributed by atoms with E-state index in [0.29, 0.717) is 23.7 Å². The van der Waals surface area contributed by atoms with E-state index in [4.69, 9.17) is 4.74 Å². The van der Waals surface area contributed by atoms with Gasteiger partial charge in [-0.3, -0.25) is 9.00 Å². The zero-order valence-electron chi connectivity index (χ0n) is 12.5. The van der Waals surface area contributed by atoms with Crippen LogP contribution in [0.5, 0.6) is 5.88 Å². The molecule has 0 radical (unpaired) electrons. The van der Waals surface area contributed by atoms with Gasteiger partial charge in [0.05, 0.1) is 7.11 Å². The maximum Gasteiger partial charge on any atom is 0.251 e. The molecule has 1 heterocycles. The van der Waals surface area contributed by atoms with Crippen LogP contribution in [-0.2, 0) is 23.1 Å². The predicted molar refractivity (Wildman–Crippen MR) is 86.2 cm³/mol. The number of benzene rings is 1. The average Bonchev–Trinajstić information content (AvgIpc) is 2.52. The van der Waals surface area contributed by atoms with Gasteiger partial charge in [-0.1, -0.05) is 18.2 Å². The normalized spacial score (nSPS) is 11.7. The first-order valence-electron chi connectivity index (χ1n) is 6.74. The van der Waals surface area contributed by atoms with Gasteiger partial charge in [-0.25, -0.2) is 4.98 Å². The Bertz CT molecular complexity index is 671. The van der Waals surface area contributed by atoms with Gasteiger partial charge in [0.1, 0.15) is 0 Å². The highest BCUT2D eigenvalue weighted by atomic mass is 32.2. The highest BCUT2D eigenvalue weighted by Crippen LogP contribution is 2.09.